The normalized spacial score (nSPS) is 11.6. The molecule has 0 spiro atoms. The van der Waals surface area contributed by atoms with Gasteiger partial charge in [0.15, 0.2) is 0 Å². The summed E-state index contributed by atoms with van der Waals surface area (Å²) in [5.74, 6) is 0.292. The molecule has 2 aromatic carbocycles. The minimum atomic E-state index is -0.430. The Morgan fingerprint density at radius 1 is 1.11 bits per heavy atom. The van der Waals surface area contributed by atoms with Gasteiger partial charge in [-0.05, 0) is 54.8 Å². The van der Waals surface area contributed by atoms with Crippen LogP contribution >= 0.6 is 0 Å². The Bertz CT molecular complexity index is 591. The Hall–Kier alpha value is -2.47. The van der Waals surface area contributed by atoms with Crippen molar-refractivity contribution in [1.29, 1.82) is 5.26 Å². The number of hydrogen-bond donors (Lipinski definition) is 2. The number of nitrogens with zero attached hydrogens (tertiary/aromatic N) is 1. The molecule has 0 aliphatic heterocycles. The predicted octanol–water partition coefficient (Wildman–Crippen LogP) is 3.69. The van der Waals surface area contributed by atoms with Crippen LogP contribution in [0.4, 0.5) is 5.69 Å². The first-order valence-electron chi connectivity index (χ1n) is 6.13. The maximum absolute atomic E-state index is 9.77. The van der Waals surface area contributed by atoms with Crippen LogP contribution in [0.2, 0.25) is 0 Å². The van der Waals surface area contributed by atoms with E-state index in [1.54, 1.807) is 0 Å². The molecule has 0 aliphatic carbocycles. The van der Waals surface area contributed by atoms with Gasteiger partial charge in [-0.2, -0.15) is 5.26 Å². The molecule has 96 valence electrons. The Morgan fingerprint density at radius 2 is 1.68 bits per heavy atom. The number of phenols is 1. The van der Waals surface area contributed by atoms with Gasteiger partial charge in [-0.25, -0.2) is 0 Å². The number of nitrogens with one attached hydrogen (secondary N) is 1. The third-order valence-corrected chi connectivity index (χ3v) is 3.06. The zero-order valence-corrected chi connectivity index (χ0v) is 11.0. The van der Waals surface area contributed by atoms with Crippen LogP contribution in [-0.2, 0) is 0 Å². The van der Waals surface area contributed by atoms with E-state index >= 15 is 0 Å². The van der Waals surface area contributed by atoms with Gasteiger partial charge in [0, 0.05) is 5.69 Å². The molecular weight excluding hydrogens is 236 g/mol. The number of aryl methyl sites for hydroxylation is 2. The Kier molecular flexibility index (Phi) is 3.72. The van der Waals surface area contributed by atoms with Crippen LogP contribution in [0.15, 0.2) is 42.5 Å². The highest BCUT2D eigenvalue weighted by atomic mass is 16.3. The number of hydrogen-bond acceptors (Lipinski definition) is 3. The van der Waals surface area contributed by atoms with E-state index in [2.05, 4.69) is 11.4 Å². The lowest BCUT2D eigenvalue weighted by Gasteiger charge is -2.15. The largest absolute Gasteiger partial charge is 0.507 e. The van der Waals surface area contributed by atoms with E-state index in [9.17, 15) is 10.4 Å². The highest BCUT2D eigenvalue weighted by Crippen LogP contribution is 2.27. The third-order valence-electron chi connectivity index (χ3n) is 3.06. The first-order chi connectivity index (χ1) is 9.11. The molecule has 0 bridgehead atoms. The Morgan fingerprint density at radius 3 is 2.21 bits per heavy atom. The molecule has 3 heteroatoms. The van der Waals surface area contributed by atoms with Crippen molar-refractivity contribution in [3.8, 4) is 11.8 Å². The van der Waals surface area contributed by atoms with Crippen LogP contribution < -0.4 is 5.32 Å². The molecule has 0 heterocycles. The lowest BCUT2D eigenvalue weighted by Crippen LogP contribution is -2.09. The molecule has 0 aliphatic rings. The van der Waals surface area contributed by atoms with Crippen molar-refractivity contribution >= 4 is 5.69 Å². The van der Waals surface area contributed by atoms with Crippen LogP contribution in [0.25, 0.3) is 0 Å². The summed E-state index contributed by atoms with van der Waals surface area (Å²) in [6.07, 6.45) is 0. The summed E-state index contributed by atoms with van der Waals surface area (Å²) in [6.45, 7) is 3.67. The topological polar surface area (TPSA) is 56.0 Å². The zero-order chi connectivity index (χ0) is 13.8. The number of aromatic hydroxyl groups is 1. The monoisotopic (exact) mass is 252 g/mol. The SMILES string of the molecule is Cc1cc(C(C#N)Nc2ccccc2)cc(C)c1O. The van der Waals surface area contributed by atoms with Crippen molar-refractivity contribution in [2.24, 2.45) is 0 Å². The van der Waals surface area contributed by atoms with Gasteiger partial charge >= 0.3 is 0 Å². The molecule has 1 atom stereocenters. The maximum Gasteiger partial charge on any atom is 0.140 e. The number of nitriles is 1. The summed E-state index contributed by atoms with van der Waals surface area (Å²) in [7, 11) is 0. The number of para-hydroxylation sites is 1. The average molecular weight is 252 g/mol. The number of rotatable bonds is 3. The number of phenolic OH excluding ortho intramolecular Hbond substituents is 1. The molecular formula is C16H16N2O. The Balaban J connectivity index is 2.31. The molecule has 1 unspecified atom stereocenters. The van der Waals surface area contributed by atoms with Crippen molar-refractivity contribution in [2.75, 3.05) is 5.32 Å². The fourth-order valence-corrected chi connectivity index (χ4v) is 2.05. The van der Waals surface area contributed by atoms with E-state index in [0.717, 1.165) is 22.4 Å². The molecule has 3 nitrogen and oxygen atoms in total. The molecule has 0 saturated carbocycles. The van der Waals surface area contributed by atoms with E-state index in [0.29, 0.717) is 5.75 Å². The summed E-state index contributed by atoms with van der Waals surface area (Å²) in [5, 5.41) is 22.3. The molecule has 0 amide bonds. The molecule has 0 aromatic heterocycles. The summed E-state index contributed by atoms with van der Waals surface area (Å²) in [5.41, 5.74) is 3.33. The number of benzene rings is 2. The summed E-state index contributed by atoms with van der Waals surface area (Å²) in [6, 6.07) is 15.1. The van der Waals surface area contributed by atoms with E-state index < -0.39 is 6.04 Å². The van der Waals surface area contributed by atoms with Gasteiger partial charge in [0.2, 0.25) is 0 Å². The maximum atomic E-state index is 9.77. The first-order valence-corrected chi connectivity index (χ1v) is 6.13. The third kappa shape index (κ3) is 2.86. The van der Waals surface area contributed by atoms with Crippen molar-refractivity contribution < 1.29 is 5.11 Å². The fourth-order valence-electron chi connectivity index (χ4n) is 2.05. The lowest BCUT2D eigenvalue weighted by molar-refractivity contribution is 0.466. The smallest absolute Gasteiger partial charge is 0.140 e. The second-order valence-electron chi connectivity index (χ2n) is 4.58. The molecule has 0 radical (unpaired) electrons. The van der Waals surface area contributed by atoms with Crippen molar-refractivity contribution in [3.05, 3.63) is 59.2 Å². The van der Waals surface area contributed by atoms with Crippen LogP contribution in [0.1, 0.15) is 22.7 Å². The quantitative estimate of drug-likeness (QED) is 0.876. The van der Waals surface area contributed by atoms with Gasteiger partial charge in [0.05, 0.1) is 6.07 Å². The molecule has 2 rings (SSSR count). The highest BCUT2D eigenvalue weighted by Gasteiger charge is 2.13. The van der Waals surface area contributed by atoms with Crippen LogP contribution in [0.5, 0.6) is 5.75 Å². The molecule has 2 N–H and O–H groups in total. The summed E-state index contributed by atoms with van der Waals surface area (Å²) >= 11 is 0. The second kappa shape index (κ2) is 5.45. The standard InChI is InChI=1S/C16H16N2O/c1-11-8-13(9-12(2)16(11)19)15(10-17)18-14-6-4-3-5-7-14/h3-9,15,18-19H,1-2H3. The first kappa shape index (κ1) is 13.0. The summed E-state index contributed by atoms with van der Waals surface area (Å²) in [4.78, 5) is 0. The van der Waals surface area contributed by atoms with Crippen molar-refractivity contribution in [3.63, 3.8) is 0 Å². The second-order valence-corrected chi connectivity index (χ2v) is 4.58. The average Bonchev–Trinajstić information content (AvgIpc) is 2.42. The Labute approximate surface area is 113 Å². The van der Waals surface area contributed by atoms with Gasteiger partial charge in [-0.15, -0.1) is 0 Å². The van der Waals surface area contributed by atoms with Gasteiger partial charge in [0.25, 0.3) is 0 Å². The van der Waals surface area contributed by atoms with E-state index in [1.807, 2.05) is 56.3 Å². The minimum Gasteiger partial charge on any atom is -0.507 e. The van der Waals surface area contributed by atoms with Gasteiger partial charge in [0.1, 0.15) is 11.8 Å². The van der Waals surface area contributed by atoms with Crippen molar-refractivity contribution in [1.82, 2.24) is 0 Å². The molecule has 2 aromatic rings. The fraction of sp³-hybridized carbons (Fsp3) is 0.188. The van der Waals surface area contributed by atoms with Crippen LogP contribution in [-0.4, -0.2) is 5.11 Å². The minimum absolute atomic E-state index is 0.292. The molecule has 0 fully saturated rings. The van der Waals surface area contributed by atoms with Crippen LogP contribution in [0, 0.1) is 25.2 Å². The van der Waals surface area contributed by atoms with E-state index in [-0.39, 0.29) is 0 Å². The number of anilines is 1. The van der Waals surface area contributed by atoms with Crippen LogP contribution in [0.3, 0.4) is 0 Å². The van der Waals surface area contributed by atoms with E-state index in [4.69, 9.17) is 0 Å². The van der Waals surface area contributed by atoms with Gasteiger partial charge in [-0.3, -0.25) is 0 Å². The predicted molar refractivity (Wildman–Crippen MR) is 76.0 cm³/mol. The van der Waals surface area contributed by atoms with E-state index in [1.165, 1.54) is 0 Å². The molecule has 0 saturated heterocycles. The summed E-state index contributed by atoms with van der Waals surface area (Å²) < 4.78 is 0. The van der Waals surface area contributed by atoms with Gasteiger partial charge < -0.3 is 10.4 Å². The van der Waals surface area contributed by atoms with Crippen molar-refractivity contribution in [2.45, 2.75) is 19.9 Å². The zero-order valence-electron chi connectivity index (χ0n) is 11.0. The van der Waals surface area contributed by atoms with Gasteiger partial charge in [-0.1, -0.05) is 18.2 Å². The molecule has 19 heavy (non-hydrogen) atoms. The highest BCUT2D eigenvalue weighted by molar-refractivity contribution is 5.50. The lowest BCUT2D eigenvalue weighted by atomic mass is 10.0.